The first-order chi connectivity index (χ1) is 16.5. The lowest BCUT2D eigenvalue weighted by molar-refractivity contribution is 0.0687. The van der Waals surface area contributed by atoms with E-state index in [-0.39, 0.29) is 17.8 Å². The van der Waals surface area contributed by atoms with E-state index in [0.717, 1.165) is 34.9 Å². The molecule has 34 heavy (non-hydrogen) atoms. The van der Waals surface area contributed by atoms with Crippen LogP contribution in [0.5, 0.6) is 5.75 Å². The van der Waals surface area contributed by atoms with Gasteiger partial charge in [-0.15, -0.1) is 0 Å². The molecule has 0 aliphatic heterocycles. The number of methoxy groups -OCH3 is 1. The van der Waals surface area contributed by atoms with Gasteiger partial charge in [-0.05, 0) is 54.3 Å². The van der Waals surface area contributed by atoms with Crippen LogP contribution in [0.1, 0.15) is 28.9 Å². The van der Waals surface area contributed by atoms with Gasteiger partial charge >= 0.3 is 12.0 Å². The molecule has 3 aromatic carbocycles. The van der Waals surface area contributed by atoms with Gasteiger partial charge in [0.15, 0.2) is 0 Å². The van der Waals surface area contributed by atoms with Crippen LogP contribution in [0.2, 0.25) is 0 Å². The van der Waals surface area contributed by atoms with Gasteiger partial charge in [-0.1, -0.05) is 42.5 Å². The topological polar surface area (TPSA) is 92.6 Å². The van der Waals surface area contributed by atoms with Gasteiger partial charge in [-0.3, -0.25) is 0 Å². The lowest BCUT2D eigenvalue weighted by Crippen LogP contribution is -2.30. The van der Waals surface area contributed by atoms with Crippen LogP contribution in [0.3, 0.4) is 0 Å². The van der Waals surface area contributed by atoms with Crippen molar-refractivity contribution in [3.8, 4) is 16.9 Å². The quantitative estimate of drug-likeness (QED) is 0.350. The zero-order valence-corrected chi connectivity index (χ0v) is 18.7. The largest absolute Gasteiger partial charge is 0.497 e. The molecule has 0 unspecified atom stereocenters. The van der Waals surface area contributed by atoms with E-state index < -0.39 is 5.97 Å². The first kappa shape index (κ1) is 21.6. The van der Waals surface area contributed by atoms with Gasteiger partial charge in [0.1, 0.15) is 11.4 Å². The number of anilines is 1. The summed E-state index contributed by atoms with van der Waals surface area (Å²) in [7, 11) is 1.61. The molecule has 2 amide bonds. The second-order valence-electron chi connectivity index (χ2n) is 8.44. The number of aromatic carboxylic acids is 1. The number of carbonyl (C=O) groups excluding carboxylic acids is 1. The van der Waals surface area contributed by atoms with Crippen LogP contribution in [-0.2, 0) is 6.54 Å². The highest BCUT2D eigenvalue weighted by molar-refractivity contribution is 6.08. The minimum Gasteiger partial charge on any atom is -0.497 e. The summed E-state index contributed by atoms with van der Waals surface area (Å²) in [4.78, 5) is 24.8. The molecule has 3 N–H and O–H groups in total. The molecule has 5 rings (SSSR count). The van der Waals surface area contributed by atoms with Crippen LogP contribution >= 0.6 is 0 Å². The fourth-order valence-electron chi connectivity index (χ4n) is 4.27. The molecule has 172 valence electrons. The highest BCUT2D eigenvalue weighted by Crippen LogP contribution is 2.37. The van der Waals surface area contributed by atoms with Crippen LogP contribution in [0.4, 0.5) is 10.5 Å². The number of carbonyl (C=O) groups is 2. The third-order valence-electron chi connectivity index (χ3n) is 5.97. The Balaban J connectivity index is 1.60. The van der Waals surface area contributed by atoms with Crippen molar-refractivity contribution in [2.75, 3.05) is 12.4 Å². The molecule has 4 aromatic rings. The predicted molar refractivity (Wildman–Crippen MR) is 132 cm³/mol. The minimum absolute atomic E-state index is 0.198. The van der Waals surface area contributed by atoms with E-state index in [4.69, 9.17) is 4.74 Å². The number of urea groups is 1. The van der Waals surface area contributed by atoms with E-state index in [2.05, 4.69) is 10.6 Å². The number of hydrogen-bond acceptors (Lipinski definition) is 3. The summed E-state index contributed by atoms with van der Waals surface area (Å²) in [6, 6.07) is 22.6. The highest BCUT2D eigenvalue weighted by Gasteiger charge is 2.25. The molecule has 1 aliphatic carbocycles. The van der Waals surface area contributed by atoms with Gasteiger partial charge < -0.3 is 25.0 Å². The van der Waals surface area contributed by atoms with Crippen LogP contribution in [0, 0.1) is 0 Å². The van der Waals surface area contributed by atoms with Gasteiger partial charge in [0.05, 0.1) is 7.11 Å². The summed E-state index contributed by atoms with van der Waals surface area (Å²) in [5.41, 5.74) is 3.91. The maximum absolute atomic E-state index is 12.6. The fraction of sp³-hybridized carbons (Fsp3) is 0.185. The van der Waals surface area contributed by atoms with Crippen LogP contribution in [0.25, 0.3) is 22.0 Å². The highest BCUT2D eigenvalue weighted by atomic mass is 16.5. The van der Waals surface area contributed by atoms with Gasteiger partial charge in [-0.25, -0.2) is 9.59 Å². The second-order valence-corrected chi connectivity index (χ2v) is 8.44. The smallest absolute Gasteiger partial charge is 0.353 e. The van der Waals surface area contributed by atoms with Crippen LogP contribution in [0.15, 0.2) is 72.8 Å². The summed E-state index contributed by atoms with van der Waals surface area (Å²) in [6.07, 6.45) is 2.00. The van der Waals surface area contributed by atoms with Gasteiger partial charge in [0.2, 0.25) is 0 Å². The second kappa shape index (κ2) is 8.94. The average molecular weight is 456 g/mol. The normalized spacial score (nSPS) is 13.0. The molecule has 7 nitrogen and oxygen atoms in total. The van der Waals surface area contributed by atoms with E-state index in [1.165, 1.54) is 0 Å². The summed E-state index contributed by atoms with van der Waals surface area (Å²) >= 11 is 0. The maximum atomic E-state index is 12.6. The van der Waals surface area contributed by atoms with Gasteiger partial charge in [0.25, 0.3) is 0 Å². The van der Waals surface area contributed by atoms with E-state index in [9.17, 15) is 14.7 Å². The summed E-state index contributed by atoms with van der Waals surface area (Å²) in [5.74, 6) is -0.298. The fourth-order valence-corrected chi connectivity index (χ4v) is 4.27. The lowest BCUT2D eigenvalue weighted by atomic mass is 10.0. The van der Waals surface area contributed by atoms with Gasteiger partial charge in [-0.2, -0.15) is 0 Å². The first-order valence-corrected chi connectivity index (χ1v) is 11.2. The van der Waals surface area contributed by atoms with E-state index in [1.54, 1.807) is 13.2 Å². The number of nitrogens with zero attached hydrogens (tertiary/aromatic N) is 1. The van der Waals surface area contributed by atoms with Crippen molar-refractivity contribution in [1.82, 2.24) is 9.88 Å². The number of benzene rings is 3. The van der Waals surface area contributed by atoms with Crippen LogP contribution < -0.4 is 15.4 Å². The Hall–Kier alpha value is -4.26. The van der Waals surface area contributed by atoms with E-state index in [1.807, 2.05) is 71.3 Å². The number of ether oxygens (including phenoxy) is 1. The van der Waals surface area contributed by atoms with E-state index in [0.29, 0.717) is 23.5 Å². The third kappa shape index (κ3) is 4.32. The average Bonchev–Trinajstić information content (AvgIpc) is 3.59. The SMILES string of the molecule is COc1cccc(Cn2c(C(=O)O)c(-c3cccc(NC(=O)NC4CC4)c3)c3ccccc32)c1. The molecule has 0 saturated heterocycles. The molecule has 0 radical (unpaired) electrons. The minimum atomic E-state index is -1.01. The number of para-hydroxylation sites is 1. The monoisotopic (exact) mass is 455 g/mol. The molecule has 1 aliphatic rings. The van der Waals surface area contributed by atoms with Crippen molar-refractivity contribution in [2.24, 2.45) is 0 Å². The molecule has 1 fully saturated rings. The standard InChI is InChI=1S/C27H25N3O4/c1-34-21-9-4-6-17(14-21)16-30-23-11-3-2-10-22(23)24(25(30)26(31)32)18-7-5-8-20(15-18)29-27(33)28-19-12-13-19/h2-11,14-15,19H,12-13,16H2,1H3,(H,31,32)(H2,28,29,33). The number of hydrogen-bond donors (Lipinski definition) is 3. The van der Waals surface area contributed by atoms with Crippen LogP contribution in [-0.4, -0.2) is 34.8 Å². The zero-order valence-electron chi connectivity index (χ0n) is 18.7. The Kier molecular flexibility index (Phi) is 5.67. The van der Waals surface area contributed by atoms with Gasteiger partial charge in [0, 0.05) is 34.7 Å². The molecule has 0 bridgehead atoms. The number of carboxylic acids is 1. The molecule has 1 aromatic heterocycles. The van der Waals surface area contributed by atoms with Crippen molar-refractivity contribution in [1.29, 1.82) is 0 Å². The number of amides is 2. The number of fused-ring (bicyclic) bond motifs is 1. The van der Waals surface area contributed by atoms with Crippen molar-refractivity contribution in [3.05, 3.63) is 84.1 Å². The number of aromatic nitrogens is 1. The first-order valence-electron chi connectivity index (χ1n) is 11.2. The predicted octanol–water partition coefficient (Wildman–Crippen LogP) is 5.35. The molecule has 1 saturated carbocycles. The summed E-state index contributed by atoms with van der Waals surface area (Å²) < 4.78 is 7.16. The van der Waals surface area contributed by atoms with Crippen molar-refractivity contribution < 1.29 is 19.4 Å². The molecule has 7 heteroatoms. The number of nitrogens with one attached hydrogen (secondary N) is 2. The molecule has 0 spiro atoms. The van der Waals surface area contributed by atoms with Crippen molar-refractivity contribution in [3.63, 3.8) is 0 Å². The zero-order chi connectivity index (χ0) is 23.7. The molecule has 0 atom stereocenters. The Morgan fingerprint density at radius 1 is 1.03 bits per heavy atom. The molecular formula is C27H25N3O4. The van der Waals surface area contributed by atoms with Crippen molar-refractivity contribution >= 4 is 28.6 Å². The van der Waals surface area contributed by atoms with E-state index >= 15 is 0 Å². The Morgan fingerprint density at radius 3 is 2.59 bits per heavy atom. The summed E-state index contributed by atoms with van der Waals surface area (Å²) in [5, 5.41) is 16.9. The maximum Gasteiger partial charge on any atom is 0.353 e. The lowest BCUT2D eigenvalue weighted by Gasteiger charge is -2.11. The summed E-state index contributed by atoms with van der Waals surface area (Å²) in [6.45, 7) is 0.376. The Bertz CT molecular complexity index is 1390. The Morgan fingerprint density at radius 2 is 1.82 bits per heavy atom. The number of rotatable bonds is 7. The Labute approximate surface area is 197 Å². The third-order valence-corrected chi connectivity index (χ3v) is 5.97. The molecule has 1 heterocycles. The van der Waals surface area contributed by atoms with Crippen molar-refractivity contribution in [2.45, 2.75) is 25.4 Å². The number of carboxylic acid groups (broad SMARTS) is 1. The molecular weight excluding hydrogens is 430 g/mol.